The summed E-state index contributed by atoms with van der Waals surface area (Å²) in [5.41, 5.74) is 2.59. The molecule has 0 aliphatic rings. The van der Waals surface area contributed by atoms with Gasteiger partial charge in [-0.15, -0.1) is 0 Å². The third-order valence-corrected chi connectivity index (χ3v) is 3.74. The number of carbonyl (C=O) groups excluding carboxylic acids is 1. The SMILES string of the molecule is CCc1ccccc1C(=O)Nc1ccc(Br)c(C)n1. The summed E-state index contributed by atoms with van der Waals surface area (Å²) < 4.78 is 0.930. The Kier molecular flexibility index (Phi) is 4.32. The van der Waals surface area contributed by atoms with Crippen molar-refractivity contribution in [2.24, 2.45) is 0 Å². The lowest BCUT2D eigenvalue weighted by molar-refractivity contribution is 0.102. The molecule has 1 aromatic carbocycles. The van der Waals surface area contributed by atoms with Gasteiger partial charge in [-0.2, -0.15) is 0 Å². The molecule has 0 aliphatic carbocycles. The van der Waals surface area contributed by atoms with E-state index in [2.05, 4.69) is 26.2 Å². The first-order valence-corrected chi connectivity index (χ1v) is 6.93. The molecule has 2 rings (SSSR count). The van der Waals surface area contributed by atoms with Crippen molar-refractivity contribution in [3.8, 4) is 0 Å². The normalized spacial score (nSPS) is 10.3. The Morgan fingerprint density at radius 1 is 1.26 bits per heavy atom. The van der Waals surface area contributed by atoms with E-state index >= 15 is 0 Å². The average Bonchev–Trinajstić information content (AvgIpc) is 2.43. The van der Waals surface area contributed by atoms with E-state index in [1.165, 1.54) is 0 Å². The maximum Gasteiger partial charge on any atom is 0.257 e. The van der Waals surface area contributed by atoms with Crippen molar-refractivity contribution >= 4 is 27.7 Å². The second-order valence-electron chi connectivity index (χ2n) is 4.23. The number of hydrogen-bond acceptors (Lipinski definition) is 2. The molecule has 0 aliphatic heterocycles. The fraction of sp³-hybridized carbons (Fsp3) is 0.200. The van der Waals surface area contributed by atoms with Crippen molar-refractivity contribution in [1.82, 2.24) is 4.98 Å². The third kappa shape index (κ3) is 3.20. The smallest absolute Gasteiger partial charge is 0.257 e. The average molecular weight is 319 g/mol. The van der Waals surface area contributed by atoms with Crippen LogP contribution in [-0.2, 0) is 6.42 Å². The fourth-order valence-electron chi connectivity index (χ4n) is 1.85. The number of amides is 1. The minimum atomic E-state index is -0.119. The van der Waals surface area contributed by atoms with E-state index in [1.54, 1.807) is 6.07 Å². The van der Waals surface area contributed by atoms with Crippen LogP contribution >= 0.6 is 15.9 Å². The minimum absolute atomic E-state index is 0.119. The first kappa shape index (κ1) is 13.7. The van der Waals surface area contributed by atoms with Gasteiger partial charge in [-0.25, -0.2) is 4.98 Å². The van der Waals surface area contributed by atoms with Crippen molar-refractivity contribution < 1.29 is 4.79 Å². The van der Waals surface area contributed by atoms with Crippen molar-refractivity contribution in [2.75, 3.05) is 5.32 Å². The van der Waals surface area contributed by atoms with Crippen LogP contribution < -0.4 is 5.32 Å². The van der Waals surface area contributed by atoms with E-state index in [-0.39, 0.29) is 5.91 Å². The highest BCUT2D eigenvalue weighted by Gasteiger charge is 2.10. The molecule has 0 saturated heterocycles. The maximum absolute atomic E-state index is 12.2. The number of halogens is 1. The summed E-state index contributed by atoms with van der Waals surface area (Å²) in [7, 11) is 0. The van der Waals surface area contributed by atoms with Gasteiger partial charge in [-0.05, 0) is 53.0 Å². The van der Waals surface area contributed by atoms with Gasteiger partial charge in [0.15, 0.2) is 0 Å². The molecule has 0 bridgehead atoms. The first-order chi connectivity index (χ1) is 9.11. The van der Waals surface area contributed by atoms with E-state index in [0.29, 0.717) is 11.4 Å². The predicted octanol–water partition coefficient (Wildman–Crippen LogP) is 3.97. The van der Waals surface area contributed by atoms with Crippen LogP contribution in [0.5, 0.6) is 0 Å². The van der Waals surface area contributed by atoms with Crippen LogP contribution in [0.15, 0.2) is 40.9 Å². The Morgan fingerprint density at radius 3 is 2.68 bits per heavy atom. The largest absolute Gasteiger partial charge is 0.307 e. The number of nitrogens with zero attached hydrogens (tertiary/aromatic N) is 1. The van der Waals surface area contributed by atoms with Crippen LogP contribution in [0.1, 0.15) is 28.5 Å². The molecule has 1 heterocycles. The Balaban J connectivity index is 2.23. The molecular formula is C15H15BrN2O. The quantitative estimate of drug-likeness (QED) is 0.930. The van der Waals surface area contributed by atoms with Gasteiger partial charge in [0, 0.05) is 10.0 Å². The standard InChI is InChI=1S/C15H15BrN2O/c1-3-11-6-4-5-7-12(11)15(19)18-14-9-8-13(16)10(2)17-14/h4-9H,3H2,1-2H3,(H,17,18,19). The van der Waals surface area contributed by atoms with Crippen LogP contribution in [0, 0.1) is 6.92 Å². The lowest BCUT2D eigenvalue weighted by Crippen LogP contribution is -2.15. The lowest BCUT2D eigenvalue weighted by atomic mass is 10.0. The maximum atomic E-state index is 12.2. The monoisotopic (exact) mass is 318 g/mol. The number of aryl methyl sites for hydroxylation is 2. The summed E-state index contributed by atoms with van der Waals surface area (Å²) in [6.07, 6.45) is 0.830. The second kappa shape index (κ2) is 5.97. The molecule has 0 saturated carbocycles. The molecule has 0 radical (unpaired) electrons. The molecule has 4 heteroatoms. The van der Waals surface area contributed by atoms with E-state index < -0.39 is 0 Å². The minimum Gasteiger partial charge on any atom is -0.307 e. The highest BCUT2D eigenvalue weighted by molar-refractivity contribution is 9.10. The van der Waals surface area contributed by atoms with Gasteiger partial charge in [0.25, 0.3) is 5.91 Å². The Bertz CT molecular complexity index is 611. The van der Waals surface area contributed by atoms with Gasteiger partial charge in [0.05, 0.1) is 5.69 Å². The summed E-state index contributed by atoms with van der Waals surface area (Å²) in [5, 5.41) is 2.83. The van der Waals surface area contributed by atoms with Crippen molar-refractivity contribution in [2.45, 2.75) is 20.3 Å². The van der Waals surface area contributed by atoms with Gasteiger partial charge >= 0.3 is 0 Å². The van der Waals surface area contributed by atoms with Gasteiger partial charge < -0.3 is 5.32 Å². The molecule has 98 valence electrons. The van der Waals surface area contributed by atoms with E-state index in [0.717, 1.165) is 22.2 Å². The Morgan fingerprint density at radius 2 is 2.00 bits per heavy atom. The van der Waals surface area contributed by atoms with Crippen LogP contribution in [0.25, 0.3) is 0 Å². The molecule has 0 unspecified atom stereocenters. The molecule has 0 spiro atoms. The highest BCUT2D eigenvalue weighted by Crippen LogP contribution is 2.17. The molecule has 2 aromatic rings. The molecule has 1 N–H and O–H groups in total. The number of nitrogens with one attached hydrogen (secondary N) is 1. The summed E-state index contributed by atoms with van der Waals surface area (Å²) in [6.45, 7) is 3.92. The van der Waals surface area contributed by atoms with E-state index in [4.69, 9.17) is 0 Å². The Hall–Kier alpha value is -1.68. The van der Waals surface area contributed by atoms with Gasteiger partial charge in [0.2, 0.25) is 0 Å². The summed E-state index contributed by atoms with van der Waals surface area (Å²) in [6, 6.07) is 11.3. The summed E-state index contributed by atoms with van der Waals surface area (Å²) in [5.74, 6) is 0.447. The number of anilines is 1. The fourth-order valence-corrected chi connectivity index (χ4v) is 2.07. The number of benzene rings is 1. The van der Waals surface area contributed by atoms with Crippen molar-refractivity contribution in [3.05, 3.63) is 57.7 Å². The lowest BCUT2D eigenvalue weighted by Gasteiger charge is -2.09. The number of hydrogen-bond donors (Lipinski definition) is 1. The van der Waals surface area contributed by atoms with Crippen LogP contribution in [0.4, 0.5) is 5.82 Å². The van der Waals surface area contributed by atoms with Gasteiger partial charge in [-0.1, -0.05) is 25.1 Å². The van der Waals surface area contributed by atoms with Crippen LogP contribution in [0.3, 0.4) is 0 Å². The van der Waals surface area contributed by atoms with Crippen LogP contribution in [-0.4, -0.2) is 10.9 Å². The highest BCUT2D eigenvalue weighted by atomic mass is 79.9. The summed E-state index contributed by atoms with van der Waals surface area (Å²) in [4.78, 5) is 16.5. The zero-order valence-electron chi connectivity index (χ0n) is 10.9. The van der Waals surface area contributed by atoms with Gasteiger partial charge in [-0.3, -0.25) is 4.79 Å². The number of carbonyl (C=O) groups is 1. The van der Waals surface area contributed by atoms with Crippen LogP contribution in [0.2, 0.25) is 0 Å². The van der Waals surface area contributed by atoms with Gasteiger partial charge in [0.1, 0.15) is 5.82 Å². The molecular weight excluding hydrogens is 304 g/mol. The molecule has 19 heavy (non-hydrogen) atoms. The predicted molar refractivity (Wildman–Crippen MR) is 80.4 cm³/mol. The molecule has 3 nitrogen and oxygen atoms in total. The van der Waals surface area contributed by atoms with Crippen molar-refractivity contribution in [3.63, 3.8) is 0 Å². The zero-order chi connectivity index (χ0) is 13.8. The number of pyridine rings is 1. The number of aromatic nitrogens is 1. The van der Waals surface area contributed by atoms with E-state index in [9.17, 15) is 4.79 Å². The third-order valence-electron chi connectivity index (χ3n) is 2.91. The zero-order valence-corrected chi connectivity index (χ0v) is 12.5. The summed E-state index contributed by atoms with van der Waals surface area (Å²) >= 11 is 3.39. The molecule has 0 atom stereocenters. The number of rotatable bonds is 3. The Labute approximate surface area is 121 Å². The van der Waals surface area contributed by atoms with E-state index in [1.807, 2.05) is 44.2 Å². The molecule has 0 fully saturated rings. The van der Waals surface area contributed by atoms with Crippen molar-refractivity contribution in [1.29, 1.82) is 0 Å². The topological polar surface area (TPSA) is 42.0 Å². The second-order valence-corrected chi connectivity index (χ2v) is 5.08. The molecule has 1 aromatic heterocycles. The molecule has 1 amide bonds. The first-order valence-electron chi connectivity index (χ1n) is 6.14.